The van der Waals surface area contributed by atoms with Gasteiger partial charge in [0.25, 0.3) is 0 Å². The van der Waals surface area contributed by atoms with Gasteiger partial charge in [0.1, 0.15) is 5.54 Å². The van der Waals surface area contributed by atoms with E-state index in [2.05, 4.69) is 10.6 Å². The van der Waals surface area contributed by atoms with E-state index < -0.39 is 35.4 Å². The van der Waals surface area contributed by atoms with E-state index in [4.69, 9.17) is 11.6 Å². The van der Waals surface area contributed by atoms with Crippen molar-refractivity contribution in [3.05, 3.63) is 28.8 Å². The molecule has 2 fully saturated rings. The summed E-state index contributed by atoms with van der Waals surface area (Å²) in [6.45, 7) is 3.87. The highest BCUT2D eigenvalue weighted by Gasteiger charge is 2.70. The van der Waals surface area contributed by atoms with Crippen LogP contribution in [0.25, 0.3) is 0 Å². The van der Waals surface area contributed by atoms with Gasteiger partial charge in [-0.05, 0) is 31.5 Å². The maximum Gasteiger partial charge on any atom is 0.250 e. The second-order valence-corrected chi connectivity index (χ2v) is 7.98. The summed E-state index contributed by atoms with van der Waals surface area (Å²) in [5.41, 5.74) is -0.286. The van der Waals surface area contributed by atoms with Crippen molar-refractivity contribution in [1.82, 2.24) is 10.2 Å². The number of halogens is 1. The molecule has 27 heavy (non-hydrogen) atoms. The monoisotopic (exact) mass is 391 g/mol. The Morgan fingerprint density at radius 3 is 2.70 bits per heavy atom. The second kappa shape index (κ2) is 6.29. The van der Waals surface area contributed by atoms with Gasteiger partial charge in [-0.3, -0.25) is 24.6 Å². The zero-order chi connectivity index (χ0) is 19.5. The molecule has 1 aromatic carbocycles. The lowest BCUT2D eigenvalue weighted by Gasteiger charge is -2.30. The molecule has 2 saturated heterocycles. The number of hydrogen-bond acceptors (Lipinski definition) is 5. The molecular weight excluding hydrogens is 370 g/mol. The quantitative estimate of drug-likeness (QED) is 0.671. The number of aliphatic hydroxyl groups is 1. The number of benzene rings is 1. The summed E-state index contributed by atoms with van der Waals surface area (Å²) in [6.07, 6.45) is 0.635. The summed E-state index contributed by atoms with van der Waals surface area (Å²) >= 11 is 6.16. The normalized spacial score (nSPS) is 32.8. The van der Waals surface area contributed by atoms with Crippen LogP contribution in [0, 0.1) is 11.8 Å². The Morgan fingerprint density at radius 1 is 1.30 bits per heavy atom. The molecule has 5 atom stereocenters. The fourth-order valence-corrected chi connectivity index (χ4v) is 4.89. The molecule has 0 saturated carbocycles. The molecule has 3 aliphatic heterocycles. The third-order valence-electron chi connectivity index (χ3n) is 5.96. The van der Waals surface area contributed by atoms with E-state index in [1.807, 2.05) is 6.92 Å². The third-order valence-corrected chi connectivity index (χ3v) is 6.19. The van der Waals surface area contributed by atoms with E-state index in [-0.39, 0.29) is 11.8 Å². The first-order chi connectivity index (χ1) is 12.8. The number of imide groups is 1. The molecule has 3 aliphatic rings. The fourth-order valence-electron chi connectivity index (χ4n) is 4.71. The lowest BCUT2D eigenvalue weighted by molar-refractivity contribution is -0.143. The lowest BCUT2D eigenvalue weighted by Crippen LogP contribution is -2.54. The third kappa shape index (κ3) is 2.38. The van der Waals surface area contributed by atoms with Gasteiger partial charge in [-0.2, -0.15) is 0 Å². The summed E-state index contributed by atoms with van der Waals surface area (Å²) in [4.78, 5) is 40.6. The first-order valence-electron chi connectivity index (χ1n) is 9.25. The summed E-state index contributed by atoms with van der Waals surface area (Å²) in [5.74, 6) is -2.77. The van der Waals surface area contributed by atoms with Crippen molar-refractivity contribution >= 4 is 35.0 Å². The Balaban J connectivity index is 1.86. The Bertz CT molecular complexity index is 842. The minimum Gasteiger partial charge on any atom is -0.392 e. The van der Waals surface area contributed by atoms with Gasteiger partial charge in [0, 0.05) is 28.9 Å². The number of nitrogens with zero attached hydrogens (tertiary/aromatic N) is 1. The lowest BCUT2D eigenvalue weighted by atomic mass is 9.76. The summed E-state index contributed by atoms with van der Waals surface area (Å²) in [7, 11) is 0. The molecule has 1 spiro atoms. The van der Waals surface area contributed by atoms with Gasteiger partial charge in [0.2, 0.25) is 17.7 Å². The molecule has 0 aromatic heterocycles. The first kappa shape index (κ1) is 18.4. The number of carbonyl (C=O) groups excluding carboxylic acids is 3. The number of rotatable bonds is 4. The maximum atomic E-state index is 13.2. The molecule has 7 nitrogen and oxygen atoms in total. The van der Waals surface area contributed by atoms with E-state index in [1.165, 1.54) is 4.90 Å². The molecule has 4 rings (SSSR count). The van der Waals surface area contributed by atoms with Crippen molar-refractivity contribution in [2.45, 2.75) is 44.4 Å². The van der Waals surface area contributed by atoms with Crippen LogP contribution in [0.1, 0.15) is 32.3 Å². The minimum absolute atomic E-state index is 0.322. The number of nitrogens with one attached hydrogen (secondary N) is 2. The number of anilines is 1. The molecular formula is C19H22ClN3O4. The van der Waals surface area contributed by atoms with Gasteiger partial charge in [0.15, 0.2) is 0 Å². The number of carbonyl (C=O) groups is 3. The van der Waals surface area contributed by atoms with E-state index in [1.54, 1.807) is 25.1 Å². The molecule has 3 N–H and O–H groups in total. The average molecular weight is 392 g/mol. The molecule has 8 heteroatoms. The van der Waals surface area contributed by atoms with E-state index in [0.29, 0.717) is 29.2 Å². The number of likely N-dealkylation sites (tertiary alicyclic amines) is 1. The maximum absolute atomic E-state index is 13.2. The minimum atomic E-state index is -1.40. The Hall–Kier alpha value is -1.96. The SMILES string of the molecule is CCCCN1C(=O)[C@@H]2[C@@H]([C@H](C)O)N[C@]3(C(=O)Nc4ccc(Cl)cc43)[C@@H]2C1=O. The molecule has 0 bridgehead atoms. The van der Waals surface area contributed by atoms with Crippen LogP contribution in [-0.4, -0.2) is 46.4 Å². The van der Waals surface area contributed by atoms with Gasteiger partial charge in [-0.15, -0.1) is 0 Å². The molecule has 0 radical (unpaired) electrons. The van der Waals surface area contributed by atoms with Crippen LogP contribution in [0.2, 0.25) is 5.02 Å². The summed E-state index contributed by atoms with van der Waals surface area (Å²) < 4.78 is 0. The Kier molecular flexibility index (Phi) is 4.29. The predicted molar refractivity (Wildman–Crippen MR) is 99.0 cm³/mol. The van der Waals surface area contributed by atoms with Crippen molar-refractivity contribution in [3.8, 4) is 0 Å². The first-order valence-corrected chi connectivity index (χ1v) is 9.63. The topological polar surface area (TPSA) is 98.7 Å². The van der Waals surface area contributed by atoms with Crippen LogP contribution in [0.3, 0.4) is 0 Å². The fraction of sp³-hybridized carbons (Fsp3) is 0.526. The van der Waals surface area contributed by atoms with Crippen molar-refractivity contribution < 1.29 is 19.5 Å². The molecule has 3 amide bonds. The summed E-state index contributed by atoms with van der Waals surface area (Å²) in [6, 6.07) is 4.30. The van der Waals surface area contributed by atoms with Crippen molar-refractivity contribution in [2.75, 3.05) is 11.9 Å². The Morgan fingerprint density at radius 2 is 2.04 bits per heavy atom. The van der Waals surface area contributed by atoms with Gasteiger partial charge in [0.05, 0.1) is 17.9 Å². The molecule has 3 heterocycles. The van der Waals surface area contributed by atoms with Crippen molar-refractivity contribution in [2.24, 2.45) is 11.8 Å². The van der Waals surface area contributed by atoms with Crippen molar-refractivity contribution in [3.63, 3.8) is 0 Å². The van der Waals surface area contributed by atoms with Gasteiger partial charge in [-0.1, -0.05) is 24.9 Å². The second-order valence-electron chi connectivity index (χ2n) is 7.55. The van der Waals surface area contributed by atoms with Gasteiger partial charge >= 0.3 is 0 Å². The van der Waals surface area contributed by atoms with Gasteiger partial charge < -0.3 is 10.4 Å². The smallest absolute Gasteiger partial charge is 0.250 e. The molecule has 0 aliphatic carbocycles. The summed E-state index contributed by atoms with van der Waals surface area (Å²) in [5, 5.41) is 16.7. The molecule has 0 unspecified atom stereocenters. The van der Waals surface area contributed by atoms with E-state index >= 15 is 0 Å². The number of unbranched alkanes of at least 4 members (excludes halogenated alkanes) is 1. The standard InChI is InChI=1S/C19H22ClN3O4/c1-3-4-7-23-16(25)13-14(17(23)26)19(22-15(13)9(2)24)11-8-10(20)5-6-12(11)21-18(19)27/h5-6,8-9,13-15,22,24H,3-4,7H2,1-2H3,(H,21,27)/t9-,13-,14-,15+,19-/m0/s1. The van der Waals surface area contributed by atoms with Crippen molar-refractivity contribution in [1.29, 1.82) is 0 Å². The van der Waals surface area contributed by atoms with Crippen LogP contribution in [0.4, 0.5) is 5.69 Å². The number of hydrogen-bond donors (Lipinski definition) is 3. The molecule has 144 valence electrons. The highest BCUT2D eigenvalue weighted by Crippen LogP contribution is 2.53. The highest BCUT2D eigenvalue weighted by molar-refractivity contribution is 6.31. The van der Waals surface area contributed by atoms with Crippen LogP contribution in [0.15, 0.2) is 18.2 Å². The van der Waals surface area contributed by atoms with Gasteiger partial charge in [-0.25, -0.2) is 0 Å². The van der Waals surface area contributed by atoms with Crippen LogP contribution >= 0.6 is 11.6 Å². The number of aliphatic hydroxyl groups excluding tert-OH is 1. The highest BCUT2D eigenvalue weighted by atomic mass is 35.5. The average Bonchev–Trinajstić information content (AvgIpc) is 3.20. The largest absolute Gasteiger partial charge is 0.392 e. The number of amides is 3. The van der Waals surface area contributed by atoms with E-state index in [0.717, 1.165) is 6.42 Å². The zero-order valence-electron chi connectivity index (χ0n) is 15.2. The number of fused-ring (bicyclic) bond motifs is 4. The van der Waals surface area contributed by atoms with Crippen LogP contribution < -0.4 is 10.6 Å². The predicted octanol–water partition coefficient (Wildman–Crippen LogP) is 1.24. The zero-order valence-corrected chi connectivity index (χ0v) is 15.9. The Labute approximate surface area is 162 Å². The van der Waals surface area contributed by atoms with Crippen LogP contribution in [0.5, 0.6) is 0 Å². The van der Waals surface area contributed by atoms with E-state index in [9.17, 15) is 19.5 Å². The molecule has 1 aromatic rings. The van der Waals surface area contributed by atoms with Crippen LogP contribution in [-0.2, 0) is 19.9 Å².